The van der Waals surface area contributed by atoms with Gasteiger partial charge in [-0.15, -0.1) is 13.2 Å². The number of hydrogen-bond donors (Lipinski definition) is 1. The molecule has 116 valence electrons. The molecule has 0 unspecified atom stereocenters. The molecule has 0 saturated carbocycles. The van der Waals surface area contributed by atoms with Gasteiger partial charge in [-0.05, 0) is 31.5 Å². The van der Waals surface area contributed by atoms with Crippen LogP contribution >= 0.6 is 0 Å². The Balaban J connectivity index is 2.00. The number of nitrogens with one attached hydrogen (secondary N) is 1. The zero-order valence-electron chi connectivity index (χ0n) is 11.4. The average Bonchev–Trinajstić information content (AvgIpc) is 2.46. The van der Waals surface area contributed by atoms with Gasteiger partial charge in [0.1, 0.15) is 6.61 Å². The van der Waals surface area contributed by atoms with E-state index in [9.17, 15) is 18.0 Å². The summed E-state index contributed by atoms with van der Waals surface area (Å²) in [7, 11) is 0. The molecule has 1 amide bonds. The molecule has 1 aliphatic heterocycles. The summed E-state index contributed by atoms with van der Waals surface area (Å²) in [6.07, 6.45) is -5.53. The SMILES string of the molecule is O=C(OCc1ccccc1)N(C1CCNCC1)C(F)(F)F. The highest BCUT2D eigenvalue weighted by Crippen LogP contribution is 2.28. The molecule has 7 heteroatoms. The van der Waals surface area contributed by atoms with Gasteiger partial charge in [-0.25, -0.2) is 9.69 Å². The zero-order chi connectivity index (χ0) is 15.3. The van der Waals surface area contributed by atoms with E-state index in [1.165, 1.54) is 0 Å². The lowest BCUT2D eigenvalue weighted by atomic mass is 10.1. The summed E-state index contributed by atoms with van der Waals surface area (Å²) >= 11 is 0. The maximum Gasteiger partial charge on any atom is 0.490 e. The molecular weight excluding hydrogens is 285 g/mol. The Kier molecular flexibility index (Phi) is 5.06. The van der Waals surface area contributed by atoms with Crippen molar-refractivity contribution in [2.75, 3.05) is 13.1 Å². The molecule has 0 atom stereocenters. The van der Waals surface area contributed by atoms with Crippen molar-refractivity contribution in [1.82, 2.24) is 10.2 Å². The normalized spacial score (nSPS) is 16.5. The second kappa shape index (κ2) is 6.80. The van der Waals surface area contributed by atoms with Crippen molar-refractivity contribution in [1.29, 1.82) is 0 Å². The first kappa shape index (κ1) is 15.6. The van der Waals surface area contributed by atoms with Crippen LogP contribution in [0.3, 0.4) is 0 Å². The predicted molar refractivity (Wildman–Crippen MR) is 70.4 cm³/mol. The lowest BCUT2D eigenvalue weighted by Crippen LogP contribution is -2.53. The minimum absolute atomic E-state index is 0.0865. The lowest BCUT2D eigenvalue weighted by Gasteiger charge is -2.34. The average molecular weight is 302 g/mol. The van der Waals surface area contributed by atoms with Gasteiger partial charge in [0.2, 0.25) is 0 Å². The van der Waals surface area contributed by atoms with Gasteiger partial charge in [0, 0.05) is 6.04 Å². The Labute approximate surface area is 120 Å². The second-order valence-electron chi connectivity index (χ2n) is 4.86. The summed E-state index contributed by atoms with van der Waals surface area (Å²) in [5.74, 6) is 0. The van der Waals surface area contributed by atoms with Gasteiger partial charge in [-0.3, -0.25) is 0 Å². The summed E-state index contributed by atoms with van der Waals surface area (Å²) in [6.45, 7) is 0.754. The fourth-order valence-corrected chi connectivity index (χ4v) is 2.31. The van der Waals surface area contributed by atoms with Crippen molar-refractivity contribution in [3.05, 3.63) is 35.9 Å². The van der Waals surface area contributed by atoms with Crippen molar-refractivity contribution in [3.8, 4) is 0 Å². The number of alkyl halides is 3. The van der Waals surface area contributed by atoms with E-state index in [0.29, 0.717) is 18.7 Å². The van der Waals surface area contributed by atoms with E-state index in [4.69, 9.17) is 4.74 Å². The fourth-order valence-electron chi connectivity index (χ4n) is 2.31. The number of nitrogens with zero attached hydrogens (tertiary/aromatic N) is 1. The molecule has 1 saturated heterocycles. The minimum atomic E-state index is -4.73. The largest absolute Gasteiger partial charge is 0.490 e. The second-order valence-corrected chi connectivity index (χ2v) is 4.86. The highest BCUT2D eigenvalue weighted by molar-refractivity contribution is 5.68. The van der Waals surface area contributed by atoms with Crippen molar-refractivity contribution in [2.24, 2.45) is 0 Å². The third-order valence-corrected chi connectivity index (χ3v) is 3.35. The van der Waals surface area contributed by atoms with E-state index in [2.05, 4.69) is 5.32 Å². The predicted octanol–water partition coefficient (Wildman–Crippen LogP) is 2.90. The highest BCUT2D eigenvalue weighted by atomic mass is 19.4. The first-order valence-corrected chi connectivity index (χ1v) is 6.76. The van der Waals surface area contributed by atoms with Crippen LogP contribution < -0.4 is 5.32 Å². The van der Waals surface area contributed by atoms with Crippen molar-refractivity contribution in [2.45, 2.75) is 31.8 Å². The van der Waals surface area contributed by atoms with E-state index in [1.54, 1.807) is 30.3 Å². The standard InChI is InChI=1S/C14H17F3N2O2/c15-14(16,17)19(12-6-8-18-9-7-12)13(20)21-10-11-4-2-1-3-5-11/h1-5,12,18H,6-10H2. The smallest absolute Gasteiger partial charge is 0.444 e. The molecule has 4 nitrogen and oxygen atoms in total. The van der Waals surface area contributed by atoms with Crippen LogP contribution in [0.25, 0.3) is 0 Å². The summed E-state index contributed by atoms with van der Waals surface area (Å²) in [5, 5.41) is 2.97. The fraction of sp³-hybridized carbons (Fsp3) is 0.500. The van der Waals surface area contributed by atoms with Crippen LogP contribution in [0.4, 0.5) is 18.0 Å². The van der Waals surface area contributed by atoms with Crippen molar-refractivity contribution >= 4 is 6.09 Å². The Bertz CT molecular complexity index is 459. The molecule has 0 spiro atoms. The third kappa shape index (κ3) is 4.35. The van der Waals surface area contributed by atoms with Gasteiger partial charge in [0.25, 0.3) is 0 Å². The molecule has 0 aromatic heterocycles. The Morgan fingerprint density at radius 1 is 1.24 bits per heavy atom. The number of ether oxygens (including phenoxy) is 1. The van der Waals surface area contributed by atoms with Gasteiger partial charge in [0.15, 0.2) is 0 Å². The summed E-state index contributed by atoms with van der Waals surface area (Å²) in [6, 6.07) is 7.76. The minimum Gasteiger partial charge on any atom is -0.444 e. The third-order valence-electron chi connectivity index (χ3n) is 3.35. The van der Waals surface area contributed by atoms with E-state index in [-0.39, 0.29) is 24.3 Å². The number of carbonyl (C=O) groups excluding carboxylic acids is 1. The molecule has 1 aromatic carbocycles. The van der Waals surface area contributed by atoms with Crippen LogP contribution in [0.1, 0.15) is 18.4 Å². The molecule has 1 fully saturated rings. The number of halogens is 3. The monoisotopic (exact) mass is 302 g/mol. The Hall–Kier alpha value is -1.76. The first-order chi connectivity index (χ1) is 9.98. The molecule has 1 aromatic rings. The Morgan fingerprint density at radius 2 is 1.86 bits per heavy atom. The van der Waals surface area contributed by atoms with Crippen LogP contribution in [0.15, 0.2) is 30.3 Å². The van der Waals surface area contributed by atoms with Crippen LogP contribution in [0.2, 0.25) is 0 Å². The van der Waals surface area contributed by atoms with Gasteiger partial charge < -0.3 is 10.1 Å². The van der Waals surface area contributed by atoms with Gasteiger partial charge >= 0.3 is 12.4 Å². The van der Waals surface area contributed by atoms with Gasteiger partial charge in [-0.2, -0.15) is 0 Å². The van der Waals surface area contributed by atoms with Crippen molar-refractivity contribution in [3.63, 3.8) is 0 Å². The van der Waals surface area contributed by atoms with E-state index in [1.807, 2.05) is 0 Å². The quantitative estimate of drug-likeness (QED) is 0.873. The molecule has 0 aliphatic carbocycles. The molecular formula is C14H17F3N2O2. The first-order valence-electron chi connectivity index (χ1n) is 6.76. The van der Waals surface area contributed by atoms with Crippen LogP contribution in [0.5, 0.6) is 0 Å². The zero-order valence-corrected chi connectivity index (χ0v) is 11.4. The topological polar surface area (TPSA) is 41.6 Å². The lowest BCUT2D eigenvalue weighted by molar-refractivity contribution is -0.244. The van der Waals surface area contributed by atoms with Gasteiger partial charge in [-0.1, -0.05) is 30.3 Å². The van der Waals surface area contributed by atoms with E-state index < -0.39 is 18.4 Å². The maximum absolute atomic E-state index is 13.1. The summed E-state index contributed by atoms with van der Waals surface area (Å²) in [5.41, 5.74) is 0.651. The molecule has 0 radical (unpaired) electrons. The summed E-state index contributed by atoms with van der Waals surface area (Å²) < 4.78 is 44.1. The highest BCUT2D eigenvalue weighted by Gasteiger charge is 2.46. The molecule has 1 aliphatic rings. The van der Waals surface area contributed by atoms with E-state index >= 15 is 0 Å². The number of hydrogen-bond acceptors (Lipinski definition) is 3. The van der Waals surface area contributed by atoms with Crippen LogP contribution in [-0.2, 0) is 11.3 Å². The van der Waals surface area contributed by atoms with Crippen LogP contribution in [-0.4, -0.2) is 36.4 Å². The molecule has 1 heterocycles. The van der Waals surface area contributed by atoms with Crippen molar-refractivity contribution < 1.29 is 22.7 Å². The maximum atomic E-state index is 13.1. The summed E-state index contributed by atoms with van der Waals surface area (Å²) in [4.78, 5) is 11.7. The number of benzene rings is 1. The number of rotatable bonds is 3. The van der Waals surface area contributed by atoms with Gasteiger partial charge in [0.05, 0.1) is 0 Å². The molecule has 2 rings (SSSR count). The van der Waals surface area contributed by atoms with Crippen LogP contribution in [0, 0.1) is 0 Å². The Morgan fingerprint density at radius 3 is 2.43 bits per heavy atom. The molecule has 1 N–H and O–H groups in total. The molecule has 0 bridgehead atoms. The molecule has 21 heavy (non-hydrogen) atoms. The number of amides is 1. The number of piperidine rings is 1. The number of carbonyl (C=O) groups is 1. The van der Waals surface area contributed by atoms with E-state index in [0.717, 1.165) is 0 Å².